The maximum absolute atomic E-state index is 6.94. The van der Waals surface area contributed by atoms with Gasteiger partial charge in [0.05, 0.1) is 16.4 Å². The molecule has 12 aromatic rings. The fraction of sp³-hybridized carbons (Fsp3) is 0. The number of hydrogen-bond acceptors (Lipinski definition) is 4. The number of furan rings is 1. The van der Waals surface area contributed by atoms with Crippen LogP contribution in [0.4, 0.5) is 0 Å². The molecule has 0 bridgehead atoms. The van der Waals surface area contributed by atoms with Gasteiger partial charge in [-0.15, -0.1) is 11.3 Å². The third-order valence-corrected chi connectivity index (χ3v) is 16.1. The molecule has 0 radical (unpaired) electrons. The van der Waals surface area contributed by atoms with Gasteiger partial charge in [0, 0.05) is 61.6 Å². The van der Waals surface area contributed by atoms with Crippen LogP contribution in [0.5, 0.6) is 0 Å². The summed E-state index contributed by atoms with van der Waals surface area (Å²) in [5.74, 6) is 0. The quantitative estimate of drug-likeness (QED) is 0.166. The van der Waals surface area contributed by atoms with Gasteiger partial charge in [0.1, 0.15) is 11.2 Å². The van der Waals surface area contributed by atoms with E-state index in [1.165, 1.54) is 111 Å². The maximum Gasteiger partial charge on any atom is 0.247 e. The predicted molar refractivity (Wildman–Crippen MR) is 258 cm³/mol. The molecule has 3 aromatic heterocycles. The standard InChI is InChI=1S/C54H30BNOS3/c1-3-13-31(14-4-1)33-23-25-39-44(27-33)58-46-29-35(30-47-51(46)55(39)40-26-24-34(28-45(40)59-47)32-15-5-2-6-16-32)56-41-20-10-7-17-36(41)49-52(56)48-37-18-8-11-21-42(37)57-53(48)50-38-19-9-12-22-43(38)60-54(49)50/h1-30H. The Morgan fingerprint density at radius 2 is 1.03 bits per heavy atom. The topological polar surface area (TPSA) is 18.1 Å². The van der Waals surface area contributed by atoms with Crippen molar-refractivity contribution >= 4 is 122 Å². The summed E-state index contributed by atoms with van der Waals surface area (Å²) in [6.07, 6.45) is 0. The molecule has 0 fully saturated rings. The van der Waals surface area contributed by atoms with E-state index in [-0.39, 0.29) is 6.71 Å². The smallest absolute Gasteiger partial charge is 0.247 e. The van der Waals surface area contributed by atoms with Crippen molar-refractivity contribution in [1.29, 1.82) is 0 Å². The number of benzene rings is 9. The first kappa shape index (κ1) is 33.4. The summed E-state index contributed by atoms with van der Waals surface area (Å²) in [5, 5.41) is 7.33. The zero-order valence-electron chi connectivity index (χ0n) is 32.0. The van der Waals surface area contributed by atoms with Crippen LogP contribution in [-0.4, -0.2) is 11.3 Å². The Labute approximate surface area is 358 Å². The molecule has 0 amide bonds. The van der Waals surface area contributed by atoms with E-state index in [2.05, 4.69) is 187 Å². The van der Waals surface area contributed by atoms with Crippen molar-refractivity contribution in [3.05, 3.63) is 182 Å². The third kappa shape index (κ3) is 4.64. The van der Waals surface area contributed by atoms with Crippen molar-refractivity contribution in [1.82, 2.24) is 4.57 Å². The second kappa shape index (κ2) is 12.5. The van der Waals surface area contributed by atoms with Crippen LogP contribution in [0.15, 0.2) is 206 Å². The van der Waals surface area contributed by atoms with Crippen molar-refractivity contribution in [3.8, 4) is 27.9 Å². The molecule has 0 unspecified atom stereocenters. The Hall–Kier alpha value is -6.44. The zero-order chi connectivity index (χ0) is 39.1. The molecule has 0 saturated heterocycles. The summed E-state index contributed by atoms with van der Waals surface area (Å²) in [6.45, 7) is 0.132. The second-order valence-electron chi connectivity index (χ2n) is 15.9. The lowest BCUT2D eigenvalue weighted by molar-refractivity contribution is 0.673. The van der Waals surface area contributed by atoms with E-state index in [0.29, 0.717) is 0 Å². The Bertz CT molecular complexity index is 3640. The van der Waals surface area contributed by atoms with Crippen LogP contribution in [0, 0.1) is 0 Å². The van der Waals surface area contributed by atoms with Crippen LogP contribution in [0.25, 0.3) is 91.9 Å². The Morgan fingerprint density at radius 3 is 1.72 bits per heavy atom. The lowest BCUT2D eigenvalue weighted by atomic mass is 9.36. The maximum atomic E-state index is 6.94. The van der Waals surface area contributed by atoms with E-state index < -0.39 is 0 Å². The summed E-state index contributed by atoms with van der Waals surface area (Å²) in [6, 6.07) is 67.2. The van der Waals surface area contributed by atoms with Crippen LogP contribution in [-0.2, 0) is 0 Å². The Morgan fingerprint density at radius 1 is 0.450 bits per heavy atom. The molecule has 0 spiro atoms. The van der Waals surface area contributed by atoms with Gasteiger partial charge in [-0.2, -0.15) is 0 Å². The fourth-order valence-corrected chi connectivity index (χ4v) is 13.9. The van der Waals surface area contributed by atoms with Gasteiger partial charge in [-0.3, -0.25) is 0 Å². The third-order valence-electron chi connectivity index (χ3n) is 12.7. The molecule has 278 valence electrons. The molecule has 60 heavy (non-hydrogen) atoms. The van der Waals surface area contributed by atoms with Crippen molar-refractivity contribution in [3.63, 3.8) is 0 Å². The summed E-state index contributed by atoms with van der Waals surface area (Å²) in [4.78, 5) is 5.27. The average molecular weight is 816 g/mol. The predicted octanol–water partition coefficient (Wildman–Crippen LogP) is 13.8. The van der Waals surface area contributed by atoms with E-state index in [1.54, 1.807) is 0 Å². The fourth-order valence-electron chi connectivity index (χ4n) is 10.1. The minimum absolute atomic E-state index is 0.132. The number of thiophene rings is 1. The van der Waals surface area contributed by atoms with Gasteiger partial charge in [0.25, 0.3) is 0 Å². The molecular weight excluding hydrogens is 786 g/mol. The highest BCUT2D eigenvalue weighted by Gasteiger charge is 2.39. The van der Waals surface area contributed by atoms with Crippen molar-refractivity contribution in [2.75, 3.05) is 0 Å². The Kier molecular flexibility index (Phi) is 6.98. The highest BCUT2D eigenvalue weighted by atomic mass is 32.2. The molecule has 5 heterocycles. The molecule has 2 aliphatic rings. The summed E-state index contributed by atoms with van der Waals surface area (Å²) < 4.78 is 12.1. The molecule has 14 rings (SSSR count). The van der Waals surface area contributed by atoms with Gasteiger partial charge in [0.15, 0.2) is 0 Å². The number of aromatic nitrogens is 1. The van der Waals surface area contributed by atoms with Gasteiger partial charge in [-0.25, -0.2) is 0 Å². The Balaban J connectivity index is 1.08. The molecule has 9 aromatic carbocycles. The summed E-state index contributed by atoms with van der Waals surface area (Å²) >= 11 is 5.73. The van der Waals surface area contributed by atoms with Gasteiger partial charge in [0.2, 0.25) is 6.71 Å². The normalized spacial score (nSPS) is 13.2. The first-order chi connectivity index (χ1) is 29.7. The van der Waals surface area contributed by atoms with Gasteiger partial charge >= 0.3 is 0 Å². The van der Waals surface area contributed by atoms with Gasteiger partial charge in [-0.1, -0.05) is 174 Å². The van der Waals surface area contributed by atoms with Crippen LogP contribution in [0.3, 0.4) is 0 Å². The van der Waals surface area contributed by atoms with Gasteiger partial charge < -0.3 is 8.98 Å². The zero-order valence-corrected chi connectivity index (χ0v) is 34.4. The van der Waals surface area contributed by atoms with Crippen LogP contribution in [0.1, 0.15) is 0 Å². The molecular formula is C54H30BNOS3. The van der Waals surface area contributed by atoms with Crippen molar-refractivity contribution in [2.45, 2.75) is 19.6 Å². The van der Waals surface area contributed by atoms with E-state index in [4.69, 9.17) is 4.42 Å². The lowest BCUT2D eigenvalue weighted by Crippen LogP contribution is -2.58. The second-order valence-corrected chi connectivity index (χ2v) is 19.1. The molecule has 2 nitrogen and oxygen atoms in total. The monoisotopic (exact) mass is 815 g/mol. The molecule has 0 atom stereocenters. The lowest BCUT2D eigenvalue weighted by Gasteiger charge is -2.34. The molecule has 0 N–H and O–H groups in total. The highest BCUT2D eigenvalue weighted by molar-refractivity contribution is 8.01. The average Bonchev–Trinajstić information content (AvgIpc) is 3.99. The summed E-state index contributed by atoms with van der Waals surface area (Å²) in [5.41, 5.74) is 14.6. The largest absolute Gasteiger partial charge is 0.455 e. The molecule has 0 saturated carbocycles. The van der Waals surface area contributed by atoms with Gasteiger partial charge in [-0.05, 0) is 70.2 Å². The van der Waals surface area contributed by atoms with E-state index in [0.717, 1.165) is 16.6 Å². The number of hydrogen-bond donors (Lipinski definition) is 0. The minimum Gasteiger partial charge on any atom is -0.455 e. The number of fused-ring (bicyclic) bond motifs is 16. The number of rotatable bonds is 3. The van der Waals surface area contributed by atoms with E-state index >= 15 is 0 Å². The molecule has 2 aliphatic heterocycles. The summed E-state index contributed by atoms with van der Waals surface area (Å²) in [7, 11) is 0. The SMILES string of the molecule is c1ccc(-c2ccc3c(c2)Sc2cc(-n4c5ccccc5c5c6sc7ccccc7c6c6oc7ccccc7c6c54)cc4c2B3c2ccc(-c3ccccc3)cc2S4)cc1. The number of para-hydroxylation sites is 2. The van der Waals surface area contributed by atoms with Crippen LogP contribution in [0.2, 0.25) is 0 Å². The first-order valence-electron chi connectivity index (χ1n) is 20.4. The molecule has 0 aliphatic carbocycles. The molecule has 6 heteroatoms. The highest BCUT2D eigenvalue weighted by Crippen LogP contribution is 2.51. The van der Waals surface area contributed by atoms with E-state index in [1.807, 2.05) is 34.9 Å². The van der Waals surface area contributed by atoms with Crippen LogP contribution >= 0.6 is 34.9 Å². The van der Waals surface area contributed by atoms with Crippen molar-refractivity contribution < 1.29 is 4.42 Å². The van der Waals surface area contributed by atoms with E-state index in [9.17, 15) is 0 Å². The van der Waals surface area contributed by atoms with Crippen molar-refractivity contribution in [2.24, 2.45) is 0 Å². The minimum atomic E-state index is 0.132. The first-order valence-corrected chi connectivity index (χ1v) is 22.8. The number of nitrogens with zero attached hydrogens (tertiary/aromatic N) is 1. The van der Waals surface area contributed by atoms with Crippen LogP contribution < -0.4 is 16.4 Å².